The summed E-state index contributed by atoms with van der Waals surface area (Å²) < 4.78 is 6.06. The van der Waals surface area contributed by atoms with Crippen LogP contribution >= 0.6 is 15.9 Å². The number of allylic oxidation sites excluding steroid dienone is 2. The molecule has 1 unspecified atom stereocenters. The van der Waals surface area contributed by atoms with Crippen molar-refractivity contribution in [1.82, 2.24) is 4.90 Å². The van der Waals surface area contributed by atoms with Crippen molar-refractivity contribution in [2.45, 2.75) is 6.42 Å². The number of amides is 1. The van der Waals surface area contributed by atoms with Crippen LogP contribution in [-0.2, 0) is 9.53 Å². The monoisotopic (exact) mass is 259 g/mol. The molecule has 0 heterocycles. The highest BCUT2D eigenvalue weighted by Gasteiger charge is 2.22. The van der Waals surface area contributed by atoms with Gasteiger partial charge in [-0.15, -0.1) is 0 Å². The molecule has 1 amide bonds. The molecule has 0 radical (unpaired) electrons. The SMILES string of the molecule is COC1=CC(C(=O)N(C)C)CC=C1Br. The summed E-state index contributed by atoms with van der Waals surface area (Å²) in [4.78, 5) is 13.2. The molecule has 1 aliphatic carbocycles. The highest BCUT2D eigenvalue weighted by Crippen LogP contribution is 2.28. The zero-order valence-corrected chi connectivity index (χ0v) is 10.2. The maximum absolute atomic E-state index is 11.6. The van der Waals surface area contributed by atoms with Crippen LogP contribution in [0.15, 0.2) is 22.4 Å². The van der Waals surface area contributed by atoms with E-state index in [2.05, 4.69) is 15.9 Å². The molecular formula is C10H14BrNO2. The molecule has 1 atom stereocenters. The molecule has 0 aliphatic heterocycles. The van der Waals surface area contributed by atoms with E-state index in [0.717, 1.165) is 16.7 Å². The number of ether oxygens (including phenoxy) is 1. The smallest absolute Gasteiger partial charge is 0.229 e. The summed E-state index contributed by atoms with van der Waals surface area (Å²) in [7, 11) is 5.12. The minimum atomic E-state index is -0.0961. The first-order chi connectivity index (χ1) is 6.56. The second-order valence-corrected chi connectivity index (χ2v) is 4.22. The molecule has 0 saturated carbocycles. The molecule has 0 aromatic heterocycles. The Kier molecular flexibility index (Phi) is 3.75. The Bertz CT molecular complexity index is 294. The largest absolute Gasteiger partial charge is 0.496 e. The van der Waals surface area contributed by atoms with E-state index in [-0.39, 0.29) is 11.8 Å². The number of hydrogen-bond acceptors (Lipinski definition) is 2. The molecule has 78 valence electrons. The highest BCUT2D eigenvalue weighted by molar-refractivity contribution is 9.11. The van der Waals surface area contributed by atoms with Gasteiger partial charge in [0.2, 0.25) is 5.91 Å². The zero-order chi connectivity index (χ0) is 10.7. The molecule has 14 heavy (non-hydrogen) atoms. The van der Waals surface area contributed by atoms with Crippen LogP contribution < -0.4 is 0 Å². The van der Waals surface area contributed by atoms with Crippen LogP contribution in [0.25, 0.3) is 0 Å². The molecule has 0 aromatic rings. The van der Waals surface area contributed by atoms with E-state index in [1.807, 2.05) is 12.2 Å². The first kappa shape index (κ1) is 11.3. The predicted octanol–water partition coefficient (Wildman–Crippen LogP) is 1.90. The predicted molar refractivity (Wildman–Crippen MR) is 58.9 cm³/mol. The van der Waals surface area contributed by atoms with E-state index < -0.39 is 0 Å². The third-order valence-corrected chi connectivity index (χ3v) is 2.83. The molecule has 0 aromatic carbocycles. The van der Waals surface area contributed by atoms with E-state index in [9.17, 15) is 4.79 Å². The third-order valence-electron chi connectivity index (χ3n) is 2.12. The van der Waals surface area contributed by atoms with E-state index in [4.69, 9.17) is 4.74 Å². The van der Waals surface area contributed by atoms with E-state index >= 15 is 0 Å². The van der Waals surface area contributed by atoms with Crippen molar-refractivity contribution >= 4 is 21.8 Å². The Labute approximate surface area is 92.5 Å². The van der Waals surface area contributed by atoms with Crippen LogP contribution in [0.5, 0.6) is 0 Å². The lowest BCUT2D eigenvalue weighted by atomic mass is 9.98. The number of carbonyl (C=O) groups excluding carboxylic acids is 1. The lowest BCUT2D eigenvalue weighted by molar-refractivity contribution is -0.131. The molecule has 1 rings (SSSR count). The van der Waals surface area contributed by atoms with Gasteiger partial charge in [0.25, 0.3) is 0 Å². The second-order valence-electron chi connectivity index (χ2n) is 3.36. The minimum Gasteiger partial charge on any atom is -0.496 e. The summed E-state index contributed by atoms with van der Waals surface area (Å²) in [6.07, 6.45) is 4.54. The molecule has 0 saturated heterocycles. The van der Waals surface area contributed by atoms with E-state index in [1.165, 1.54) is 0 Å². The van der Waals surface area contributed by atoms with Crippen molar-refractivity contribution in [3.63, 3.8) is 0 Å². The van der Waals surface area contributed by atoms with Crippen LogP contribution in [0.4, 0.5) is 0 Å². The molecule has 0 fully saturated rings. The lowest BCUT2D eigenvalue weighted by Crippen LogP contribution is -2.29. The fourth-order valence-electron chi connectivity index (χ4n) is 1.33. The first-order valence-electron chi connectivity index (χ1n) is 4.39. The molecule has 3 nitrogen and oxygen atoms in total. The molecule has 4 heteroatoms. The van der Waals surface area contributed by atoms with Gasteiger partial charge in [0.1, 0.15) is 5.76 Å². The van der Waals surface area contributed by atoms with Gasteiger partial charge < -0.3 is 9.64 Å². The zero-order valence-electron chi connectivity index (χ0n) is 8.58. The van der Waals surface area contributed by atoms with Crippen molar-refractivity contribution in [3.05, 3.63) is 22.4 Å². The van der Waals surface area contributed by atoms with Gasteiger partial charge in [-0.3, -0.25) is 4.79 Å². The summed E-state index contributed by atoms with van der Waals surface area (Å²) in [5.74, 6) is 0.744. The molecule has 0 bridgehead atoms. The minimum absolute atomic E-state index is 0.0961. The van der Waals surface area contributed by atoms with Crippen molar-refractivity contribution < 1.29 is 9.53 Å². The van der Waals surface area contributed by atoms with Crippen molar-refractivity contribution in [3.8, 4) is 0 Å². The lowest BCUT2D eigenvalue weighted by Gasteiger charge is -2.20. The number of rotatable bonds is 2. The first-order valence-corrected chi connectivity index (χ1v) is 5.18. The Hall–Kier alpha value is -0.770. The number of nitrogens with zero attached hydrogens (tertiary/aromatic N) is 1. The molecule has 0 spiro atoms. The molecule has 0 N–H and O–H groups in total. The average molecular weight is 260 g/mol. The van der Waals surface area contributed by atoms with Gasteiger partial charge in [-0.1, -0.05) is 6.08 Å². The number of methoxy groups -OCH3 is 1. The number of halogens is 1. The molecule has 1 aliphatic rings. The highest BCUT2D eigenvalue weighted by atomic mass is 79.9. The number of carbonyl (C=O) groups is 1. The van der Waals surface area contributed by atoms with Crippen LogP contribution in [0.1, 0.15) is 6.42 Å². The standard InChI is InChI=1S/C10H14BrNO2/c1-12(2)10(13)7-4-5-8(11)9(6-7)14-3/h5-7H,4H2,1-3H3. The van der Waals surface area contributed by atoms with Crippen molar-refractivity contribution in [2.75, 3.05) is 21.2 Å². The summed E-state index contributed by atoms with van der Waals surface area (Å²) in [5.41, 5.74) is 0. The van der Waals surface area contributed by atoms with E-state index in [0.29, 0.717) is 0 Å². The maximum atomic E-state index is 11.6. The van der Waals surface area contributed by atoms with Gasteiger partial charge in [-0.25, -0.2) is 0 Å². The fraction of sp³-hybridized carbons (Fsp3) is 0.500. The Morgan fingerprint density at radius 2 is 2.29 bits per heavy atom. The Morgan fingerprint density at radius 3 is 2.79 bits per heavy atom. The van der Waals surface area contributed by atoms with E-state index in [1.54, 1.807) is 26.1 Å². The Morgan fingerprint density at radius 1 is 1.64 bits per heavy atom. The molecular weight excluding hydrogens is 246 g/mol. The van der Waals surface area contributed by atoms with Crippen LogP contribution in [0.3, 0.4) is 0 Å². The van der Waals surface area contributed by atoms with Crippen LogP contribution in [0, 0.1) is 5.92 Å². The topological polar surface area (TPSA) is 29.5 Å². The van der Waals surface area contributed by atoms with Gasteiger partial charge >= 0.3 is 0 Å². The summed E-state index contributed by atoms with van der Waals surface area (Å²) in [6.45, 7) is 0. The quantitative estimate of drug-likeness (QED) is 0.759. The van der Waals surface area contributed by atoms with Crippen LogP contribution in [-0.4, -0.2) is 32.0 Å². The van der Waals surface area contributed by atoms with Gasteiger partial charge in [-0.2, -0.15) is 0 Å². The van der Waals surface area contributed by atoms with Gasteiger partial charge in [0.15, 0.2) is 0 Å². The number of hydrogen-bond donors (Lipinski definition) is 0. The Balaban J connectivity index is 2.78. The fourth-order valence-corrected chi connectivity index (χ4v) is 1.81. The maximum Gasteiger partial charge on any atom is 0.229 e. The van der Waals surface area contributed by atoms with Crippen molar-refractivity contribution in [1.29, 1.82) is 0 Å². The third kappa shape index (κ3) is 2.38. The summed E-state index contributed by atoms with van der Waals surface area (Å²) in [6, 6.07) is 0. The van der Waals surface area contributed by atoms with Crippen LogP contribution in [0.2, 0.25) is 0 Å². The van der Waals surface area contributed by atoms with Gasteiger partial charge in [0.05, 0.1) is 17.5 Å². The van der Waals surface area contributed by atoms with Gasteiger partial charge in [0, 0.05) is 14.1 Å². The average Bonchev–Trinajstić information content (AvgIpc) is 2.17. The van der Waals surface area contributed by atoms with Gasteiger partial charge in [-0.05, 0) is 28.4 Å². The second kappa shape index (κ2) is 4.64. The normalized spacial score (nSPS) is 21.0. The summed E-state index contributed by atoms with van der Waals surface area (Å²) in [5, 5.41) is 0. The summed E-state index contributed by atoms with van der Waals surface area (Å²) >= 11 is 3.37. The van der Waals surface area contributed by atoms with Crippen molar-refractivity contribution in [2.24, 2.45) is 5.92 Å².